The summed E-state index contributed by atoms with van der Waals surface area (Å²) < 4.78 is 0. The molecule has 2 aromatic heterocycles. The van der Waals surface area contributed by atoms with Crippen LogP contribution < -0.4 is 0 Å². The molecule has 1 atom stereocenters. The molecule has 7 heteroatoms. The summed E-state index contributed by atoms with van der Waals surface area (Å²) in [6.07, 6.45) is 1.85. The lowest BCUT2D eigenvalue weighted by Crippen LogP contribution is -2.30. The molecule has 0 unspecified atom stereocenters. The molecule has 0 spiro atoms. The van der Waals surface area contributed by atoms with Gasteiger partial charge in [-0.05, 0) is 18.9 Å². The zero-order valence-electron chi connectivity index (χ0n) is 10.2. The van der Waals surface area contributed by atoms with Gasteiger partial charge in [0.2, 0.25) is 0 Å². The molecule has 0 bridgehead atoms. The quantitative estimate of drug-likeness (QED) is 0.887. The number of carbonyl (C=O) groups excluding carboxylic acids is 1. The third-order valence-corrected chi connectivity index (χ3v) is 3.91. The minimum atomic E-state index is -0.0697. The highest BCUT2D eigenvalue weighted by Gasteiger charge is 2.32. The fourth-order valence-corrected chi connectivity index (χ4v) is 2.94. The Hall–Kier alpha value is -1.73. The molecule has 0 radical (unpaired) electrons. The van der Waals surface area contributed by atoms with Gasteiger partial charge in [-0.15, -0.1) is 11.3 Å². The number of nitrogens with zero attached hydrogens (tertiary/aromatic N) is 3. The van der Waals surface area contributed by atoms with Gasteiger partial charge in [0.05, 0.1) is 29.5 Å². The van der Waals surface area contributed by atoms with Crippen molar-refractivity contribution >= 4 is 17.2 Å². The van der Waals surface area contributed by atoms with Crippen molar-refractivity contribution in [2.45, 2.75) is 25.5 Å². The van der Waals surface area contributed by atoms with Gasteiger partial charge in [0.25, 0.3) is 5.91 Å². The van der Waals surface area contributed by atoms with Crippen molar-refractivity contribution in [3.05, 3.63) is 34.0 Å². The maximum atomic E-state index is 12.4. The van der Waals surface area contributed by atoms with Crippen LogP contribution in [-0.4, -0.2) is 37.6 Å². The van der Waals surface area contributed by atoms with E-state index in [9.17, 15) is 4.79 Å². The van der Waals surface area contributed by atoms with Crippen LogP contribution in [0.25, 0.3) is 0 Å². The average molecular weight is 278 g/mol. The van der Waals surface area contributed by atoms with Gasteiger partial charge in [0.1, 0.15) is 5.69 Å². The van der Waals surface area contributed by atoms with Crippen LogP contribution in [-0.2, 0) is 6.61 Å². The van der Waals surface area contributed by atoms with Gasteiger partial charge in [-0.3, -0.25) is 9.89 Å². The fourth-order valence-electron chi connectivity index (χ4n) is 2.41. The highest BCUT2D eigenvalue weighted by molar-refractivity contribution is 7.07. The number of thiazole rings is 1. The van der Waals surface area contributed by atoms with Crippen LogP contribution in [0.15, 0.2) is 17.0 Å². The molecule has 0 aliphatic carbocycles. The summed E-state index contributed by atoms with van der Waals surface area (Å²) in [5.41, 5.74) is 3.64. The van der Waals surface area contributed by atoms with Crippen LogP contribution in [0.3, 0.4) is 0 Å². The molecular formula is C12H14N4O2S. The SMILES string of the molecule is O=C(c1cscn1)N1CCC[C@@H]1c1cc(CO)[nH]n1. The number of aliphatic hydroxyl groups excluding tert-OH is 1. The standard InChI is InChI=1S/C12H14N4O2S/c17-5-8-4-9(15-14-8)11-2-1-3-16(11)12(18)10-6-19-7-13-10/h4,6-7,11,17H,1-3,5H2,(H,14,15)/t11-/m1/s1. The number of carbonyl (C=O) groups is 1. The Balaban J connectivity index is 1.83. The van der Waals surface area contributed by atoms with E-state index in [1.165, 1.54) is 11.3 Å². The van der Waals surface area contributed by atoms with E-state index in [1.54, 1.807) is 10.9 Å². The van der Waals surface area contributed by atoms with Gasteiger partial charge < -0.3 is 10.0 Å². The van der Waals surface area contributed by atoms with E-state index in [-0.39, 0.29) is 18.6 Å². The number of rotatable bonds is 3. The number of nitrogens with one attached hydrogen (secondary N) is 1. The van der Waals surface area contributed by atoms with E-state index in [4.69, 9.17) is 5.11 Å². The van der Waals surface area contributed by atoms with Crippen molar-refractivity contribution in [3.8, 4) is 0 Å². The van der Waals surface area contributed by atoms with Crippen LogP contribution in [0.2, 0.25) is 0 Å². The van der Waals surface area contributed by atoms with Crippen molar-refractivity contribution in [2.24, 2.45) is 0 Å². The smallest absolute Gasteiger partial charge is 0.273 e. The van der Waals surface area contributed by atoms with Gasteiger partial charge in [-0.2, -0.15) is 5.10 Å². The number of amides is 1. The lowest BCUT2D eigenvalue weighted by Gasteiger charge is -2.22. The Morgan fingerprint density at radius 3 is 3.21 bits per heavy atom. The first-order valence-electron chi connectivity index (χ1n) is 6.14. The van der Waals surface area contributed by atoms with Gasteiger partial charge >= 0.3 is 0 Å². The molecular weight excluding hydrogens is 264 g/mol. The highest BCUT2D eigenvalue weighted by atomic mass is 32.1. The van der Waals surface area contributed by atoms with Crippen LogP contribution in [0.4, 0.5) is 0 Å². The second-order valence-electron chi connectivity index (χ2n) is 4.51. The second-order valence-corrected chi connectivity index (χ2v) is 5.23. The third kappa shape index (κ3) is 2.26. The summed E-state index contributed by atoms with van der Waals surface area (Å²) in [5, 5.41) is 17.8. The molecule has 2 N–H and O–H groups in total. The fraction of sp³-hybridized carbons (Fsp3) is 0.417. The molecule has 2 aromatic rings. The predicted molar refractivity (Wildman–Crippen MR) is 69.6 cm³/mol. The lowest BCUT2D eigenvalue weighted by atomic mass is 10.1. The summed E-state index contributed by atoms with van der Waals surface area (Å²) in [5.74, 6) is -0.0442. The summed E-state index contributed by atoms with van der Waals surface area (Å²) >= 11 is 1.42. The van der Waals surface area contributed by atoms with Crippen molar-refractivity contribution in [1.29, 1.82) is 0 Å². The number of H-pyrrole nitrogens is 1. The van der Waals surface area contributed by atoms with E-state index in [1.807, 2.05) is 11.0 Å². The summed E-state index contributed by atoms with van der Waals surface area (Å²) in [7, 11) is 0. The number of aromatic nitrogens is 3. The van der Waals surface area contributed by atoms with Crippen molar-refractivity contribution in [1.82, 2.24) is 20.1 Å². The van der Waals surface area contributed by atoms with Crippen molar-refractivity contribution < 1.29 is 9.90 Å². The molecule has 3 rings (SSSR count). The van der Waals surface area contributed by atoms with Crippen molar-refractivity contribution in [3.63, 3.8) is 0 Å². The monoisotopic (exact) mass is 278 g/mol. The number of aliphatic hydroxyl groups is 1. The normalized spacial score (nSPS) is 19.0. The van der Waals surface area contributed by atoms with Crippen LogP contribution in [0.1, 0.15) is 40.8 Å². The Labute approximate surface area is 114 Å². The zero-order chi connectivity index (χ0) is 13.2. The van der Waals surface area contributed by atoms with Gasteiger partial charge in [0, 0.05) is 11.9 Å². The van der Waals surface area contributed by atoms with Gasteiger partial charge in [0.15, 0.2) is 0 Å². The third-order valence-electron chi connectivity index (χ3n) is 3.33. The largest absolute Gasteiger partial charge is 0.390 e. The predicted octanol–water partition coefficient (Wildman–Crippen LogP) is 1.34. The molecule has 100 valence electrons. The number of likely N-dealkylation sites (tertiary alicyclic amines) is 1. The topological polar surface area (TPSA) is 82.1 Å². The Kier molecular flexibility index (Phi) is 3.31. The molecule has 1 aliphatic heterocycles. The van der Waals surface area contributed by atoms with E-state index < -0.39 is 0 Å². The van der Waals surface area contributed by atoms with Crippen LogP contribution >= 0.6 is 11.3 Å². The summed E-state index contributed by atoms with van der Waals surface area (Å²) in [6.45, 7) is 0.655. The first-order chi connectivity index (χ1) is 9.29. The van der Waals surface area contributed by atoms with Gasteiger partial charge in [-0.25, -0.2) is 4.98 Å². The molecule has 1 amide bonds. The van der Waals surface area contributed by atoms with E-state index in [0.29, 0.717) is 11.4 Å². The first kappa shape index (κ1) is 12.3. The Morgan fingerprint density at radius 2 is 2.53 bits per heavy atom. The summed E-state index contributed by atoms with van der Waals surface area (Å²) in [6, 6.07) is 1.79. The van der Waals surface area contributed by atoms with Crippen molar-refractivity contribution in [2.75, 3.05) is 6.54 Å². The maximum absolute atomic E-state index is 12.4. The lowest BCUT2D eigenvalue weighted by molar-refractivity contribution is 0.0728. The van der Waals surface area contributed by atoms with Crippen LogP contribution in [0.5, 0.6) is 0 Å². The molecule has 1 fully saturated rings. The van der Waals surface area contributed by atoms with E-state index in [0.717, 1.165) is 25.1 Å². The van der Waals surface area contributed by atoms with E-state index >= 15 is 0 Å². The Bertz CT molecular complexity index is 566. The number of hydrogen-bond acceptors (Lipinski definition) is 5. The molecule has 0 aromatic carbocycles. The first-order valence-corrected chi connectivity index (χ1v) is 7.08. The molecule has 19 heavy (non-hydrogen) atoms. The maximum Gasteiger partial charge on any atom is 0.273 e. The van der Waals surface area contributed by atoms with Crippen LogP contribution in [0, 0.1) is 0 Å². The summed E-state index contributed by atoms with van der Waals surface area (Å²) in [4.78, 5) is 18.2. The molecule has 1 saturated heterocycles. The zero-order valence-corrected chi connectivity index (χ0v) is 11.1. The molecule has 0 saturated carbocycles. The average Bonchev–Trinajstić information content (AvgIpc) is 3.16. The number of aromatic amines is 1. The molecule has 1 aliphatic rings. The highest BCUT2D eigenvalue weighted by Crippen LogP contribution is 2.32. The number of hydrogen-bond donors (Lipinski definition) is 2. The minimum Gasteiger partial charge on any atom is -0.390 e. The minimum absolute atomic E-state index is 0.0225. The molecule has 3 heterocycles. The second kappa shape index (κ2) is 5.10. The van der Waals surface area contributed by atoms with Gasteiger partial charge in [-0.1, -0.05) is 0 Å². The molecule has 6 nitrogen and oxygen atoms in total. The Morgan fingerprint density at radius 1 is 1.63 bits per heavy atom. The van der Waals surface area contributed by atoms with E-state index in [2.05, 4.69) is 15.2 Å².